The van der Waals surface area contributed by atoms with Crippen molar-refractivity contribution in [3.05, 3.63) is 53.3 Å². The average Bonchev–Trinajstić information content (AvgIpc) is 2.78. The summed E-state index contributed by atoms with van der Waals surface area (Å²) in [5, 5.41) is 0. The van der Waals surface area contributed by atoms with Gasteiger partial charge in [0.25, 0.3) is 0 Å². The maximum absolute atomic E-state index is 12.2. The van der Waals surface area contributed by atoms with Crippen molar-refractivity contribution in [2.24, 2.45) is 0 Å². The third-order valence-electron chi connectivity index (χ3n) is 5.84. The molecule has 0 saturated heterocycles. The monoisotopic (exact) mass is 736 g/mol. The van der Waals surface area contributed by atoms with Crippen molar-refractivity contribution in [2.45, 2.75) is 84.5 Å². The number of unbranched alkanes of at least 4 members (excludes halogenated alkanes) is 4. The molecular formula is C27H32Br4O4. The summed E-state index contributed by atoms with van der Waals surface area (Å²) in [7, 11) is 0. The summed E-state index contributed by atoms with van der Waals surface area (Å²) in [4.78, 5) is 24.5. The lowest BCUT2D eigenvalue weighted by molar-refractivity contribution is -0.135. The van der Waals surface area contributed by atoms with E-state index in [1.54, 1.807) is 0 Å². The highest BCUT2D eigenvalue weighted by Crippen LogP contribution is 2.44. The maximum atomic E-state index is 12.2. The summed E-state index contributed by atoms with van der Waals surface area (Å²) >= 11 is 14.3. The first kappa shape index (κ1) is 30.5. The largest absolute Gasteiger partial charge is 0.424 e. The molecule has 192 valence electrons. The Hall–Kier alpha value is -0.700. The quantitative estimate of drug-likeness (QED) is 0.124. The molecule has 0 amide bonds. The van der Waals surface area contributed by atoms with Crippen molar-refractivity contribution >= 4 is 75.7 Å². The van der Waals surface area contributed by atoms with Gasteiger partial charge in [0.1, 0.15) is 0 Å². The van der Waals surface area contributed by atoms with Gasteiger partial charge < -0.3 is 9.47 Å². The first-order chi connectivity index (χ1) is 16.5. The Morgan fingerprint density at radius 1 is 0.657 bits per heavy atom. The van der Waals surface area contributed by atoms with Gasteiger partial charge in [0.15, 0.2) is 11.5 Å². The number of hydrogen-bond acceptors (Lipinski definition) is 4. The topological polar surface area (TPSA) is 52.6 Å². The fourth-order valence-electron chi connectivity index (χ4n) is 3.57. The Bertz CT molecular complexity index is 922. The third kappa shape index (κ3) is 8.68. The molecule has 0 unspecified atom stereocenters. The molecule has 2 aromatic carbocycles. The van der Waals surface area contributed by atoms with Gasteiger partial charge in [-0.15, -0.1) is 0 Å². The molecule has 0 fully saturated rings. The van der Waals surface area contributed by atoms with Gasteiger partial charge in [0, 0.05) is 18.3 Å². The third-order valence-corrected chi connectivity index (χ3v) is 8.20. The first-order valence-electron chi connectivity index (χ1n) is 11.9. The second-order valence-electron chi connectivity index (χ2n) is 9.03. The van der Waals surface area contributed by atoms with E-state index >= 15 is 0 Å². The van der Waals surface area contributed by atoms with Gasteiger partial charge in [0.05, 0.1) is 17.9 Å². The molecule has 0 aliphatic heterocycles. The summed E-state index contributed by atoms with van der Waals surface area (Å²) in [6, 6.07) is 7.90. The zero-order valence-corrected chi connectivity index (χ0v) is 27.0. The van der Waals surface area contributed by atoms with Crippen LogP contribution in [0.1, 0.15) is 90.2 Å². The van der Waals surface area contributed by atoms with E-state index in [9.17, 15) is 9.59 Å². The van der Waals surface area contributed by atoms with E-state index in [0.717, 1.165) is 49.7 Å². The van der Waals surface area contributed by atoms with Crippen LogP contribution in [0.15, 0.2) is 42.2 Å². The molecule has 0 radical (unpaired) electrons. The number of hydrogen-bond donors (Lipinski definition) is 0. The van der Waals surface area contributed by atoms with E-state index in [0.29, 0.717) is 42.2 Å². The van der Waals surface area contributed by atoms with Gasteiger partial charge in [-0.3, -0.25) is 9.59 Å². The molecule has 35 heavy (non-hydrogen) atoms. The molecule has 0 aliphatic carbocycles. The smallest absolute Gasteiger partial charge is 0.311 e. The summed E-state index contributed by atoms with van der Waals surface area (Å²) < 4.78 is 14.1. The van der Waals surface area contributed by atoms with Crippen LogP contribution in [0.25, 0.3) is 0 Å². The molecule has 0 bridgehead atoms. The Morgan fingerprint density at radius 3 is 1.26 bits per heavy atom. The van der Waals surface area contributed by atoms with E-state index in [-0.39, 0.29) is 11.9 Å². The van der Waals surface area contributed by atoms with E-state index < -0.39 is 5.41 Å². The van der Waals surface area contributed by atoms with Crippen LogP contribution in [-0.2, 0) is 15.0 Å². The predicted molar refractivity (Wildman–Crippen MR) is 155 cm³/mol. The first-order valence-corrected chi connectivity index (χ1v) is 15.1. The van der Waals surface area contributed by atoms with Crippen molar-refractivity contribution < 1.29 is 19.1 Å². The van der Waals surface area contributed by atoms with Crippen LogP contribution in [0.3, 0.4) is 0 Å². The van der Waals surface area contributed by atoms with E-state index in [1.807, 2.05) is 24.3 Å². The van der Waals surface area contributed by atoms with Crippen molar-refractivity contribution in [3.63, 3.8) is 0 Å². The molecule has 2 rings (SSSR count). The molecule has 2 aromatic rings. The minimum atomic E-state index is -0.399. The fourth-order valence-corrected chi connectivity index (χ4v) is 6.27. The molecular weight excluding hydrogens is 708 g/mol. The molecule has 8 heteroatoms. The Kier molecular flexibility index (Phi) is 12.5. The van der Waals surface area contributed by atoms with Gasteiger partial charge in [-0.1, -0.05) is 53.4 Å². The summed E-state index contributed by atoms with van der Waals surface area (Å²) in [5.41, 5.74) is 1.64. The highest BCUT2D eigenvalue weighted by Gasteiger charge is 2.28. The van der Waals surface area contributed by atoms with Gasteiger partial charge in [-0.05, 0) is 112 Å². The van der Waals surface area contributed by atoms with Crippen LogP contribution in [0, 0.1) is 0 Å². The number of benzene rings is 2. The molecule has 0 saturated carbocycles. The molecule has 0 N–H and O–H groups in total. The Labute approximate surface area is 242 Å². The lowest BCUT2D eigenvalue weighted by atomic mass is 9.78. The normalized spacial score (nSPS) is 11.4. The molecule has 4 nitrogen and oxygen atoms in total. The molecule has 0 atom stereocenters. The maximum Gasteiger partial charge on any atom is 0.311 e. The van der Waals surface area contributed by atoms with Gasteiger partial charge in [0.2, 0.25) is 0 Å². The van der Waals surface area contributed by atoms with Crippen LogP contribution in [0.5, 0.6) is 11.5 Å². The number of carbonyl (C=O) groups is 2. The number of rotatable bonds is 12. The van der Waals surface area contributed by atoms with E-state index in [1.165, 1.54) is 0 Å². The zero-order valence-electron chi connectivity index (χ0n) is 20.6. The minimum Gasteiger partial charge on any atom is -0.424 e. The SMILES string of the molecule is CCCCCC(=O)Oc1c(Br)cc(C(C)(C)c2cc(Br)c(OC(=O)CCCCC)c(Br)c2)cc1Br. The molecule has 0 heterocycles. The van der Waals surface area contributed by atoms with E-state index in [4.69, 9.17) is 9.47 Å². The number of carbonyl (C=O) groups excluding carboxylic acids is 2. The van der Waals surface area contributed by atoms with Crippen molar-refractivity contribution in [1.82, 2.24) is 0 Å². The van der Waals surface area contributed by atoms with E-state index in [2.05, 4.69) is 91.4 Å². The summed E-state index contributed by atoms with van der Waals surface area (Å²) in [6.07, 6.45) is 6.57. The van der Waals surface area contributed by atoms with Crippen LogP contribution >= 0.6 is 63.7 Å². The van der Waals surface area contributed by atoms with Crippen LogP contribution < -0.4 is 9.47 Å². The summed E-state index contributed by atoms with van der Waals surface area (Å²) in [6.45, 7) is 8.43. The van der Waals surface area contributed by atoms with Gasteiger partial charge in [-0.25, -0.2) is 0 Å². The Balaban J connectivity index is 2.26. The predicted octanol–water partition coefficient (Wildman–Crippen LogP) is 10.0. The van der Waals surface area contributed by atoms with Crippen LogP contribution in [0.2, 0.25) is 0 Å². The second kappa shape index (κ2) is 14.3. The Morgan fingerprint density at radius 2 is 0.971 bits per heavy atom. The summed E-state index contributed by atoms with van der Waals surface area (Å²) in [5.74, 6) is 0.497. The van der Waals surface area contributed by atoms with Gasteiger partial charge >= 0.3 is 11.9 Å². The van der Waals surface area contributed by atoms with Crippen molar-refractivity contribution in [2.75, 3.05) is 0 Å². The highest BCUT2D eigenvalue weighted by molar-refractivity contribution is 9.11. The molecule has 0 aliphatic rings. The number of ether oxygens (including phenoxy) is 2. The number of esters is 2. The minimum absolute atomic E-state index is 0.237. The van der Waals surface area contributed by atoms with Crippen LogP contribution in [-0.4, -0.2) is 11.9 Å². The lowest BCUT2D eigenvalue weighted by Crippen LogP contribution is -2.20. The standard InChI is InChI=1S/C27H32Br4O4/c1-5-7-9-11-23(32)34-25-19(28)13-17(14-20(25)29)27(3,4)18-15-21(30)26(22(31)16-18)35-24(33)12-10-8-6-2/h13-16H,5-12H2,1-4H3. The zero-order chi connectivity index (χ0) is 26.2. The van der Waals surface area contributed by atoms with Crippen molar-refractivity contribution in [1.29, 1.82) is 0 Å². The van der Waals surface area contributed by atoms with Gasteiger partial charge in [-0.2, -0.15) is 0 Å². The molecule has 0 aromatic heterocycles. The fraction of sp³-hybridized carbons (Fsp3) is 0.481. The second-order valence-corrected chi connectivity index (χ2v) is 12.4. The lowest BCUT2D eigenvalue weighted by Gasteiger charge is -2.28. The highest BCUT2D eigenvalue weighted by atomic mass is 79.9. The number of halogens is 4. The average molecular weight is 740 g/mol. The molecule has 0 spiro atoms. The van der Waals surface area contributed by atoms with Crippen molar-refractivity contribution in [3.8, 4) is 11.5 Å². The van der Waals surface area contributed by atoms with Crippen LogP contribution in [0.4, 0.5) is 0 Å².